The summed E-state index contributed by atoms with van der Waals surface area (Å²) in [5.74, 6) is 0.767. The molecule has 1 atom stereocenters. The van der Waals surface area contributed by atoms with Crippen molar-refractivity contribution in [1.82, 2.24) is 10.2 Å². The Kier molecular flexibility index (Phi) is 8.14. The van der Waals surface area contributed by atoms with Gasteiger partial charge in [0.1, 0.15) is 0 Å². The monoisotopic (exact) mass is 202 g/mol. The highest BCUT2D eigenvalue weighted by Crippen LogP contribution is 2.02. The third kappa shape index (κ3) is 7.30. The van der Waals surface area contributed by atoms with Gasteiger partial charge in [-0.25, -0.2) is 0 Å². The summed E-state index contributed by atoms with van der Waals surface area (Å²) in [6, 6.07) is 0.414. The normalized spacial score (nSPS) is 13.9. The molecule has 2 N–H and O–H groups in total. The van der Waals surface area contributed by atoms with Gasteiger partial charge < -0.3 is 15.3 Å². The molecular weight excluding hydrogens is 176 g/mol. The standard InChI is InChI=1S/C11H26N2O/c1-10(2)5-7-13(4)9-11(12-3)6-8-14/h10-12,14H,5-9H2,1-4H3. The number of hydrogen-bond donors (Lipinski definition) is 2. The van der Waals surface area contributed by atoms with E-state index in [1.54, 1.807) is 0 Å². The van der Waals surface area contributed by atoms with E-state index in [1.165, 1.54) is 6.42 Å². The largest absolute Gasteiger partial charge is 0.396 e. The molecule has 0 bridgehead atoms. The lowest BCUT2D eigenvalue weighted by Crippen LogP contribution is -2.38. The maximum Gasteiger partial charge on any atom is 0.0446 e. The predicted octanol–water partition coefficient (Wildman–Crippen LogP) is 0.935. The predicted molar refractivity (Wildman–Crippen MR) is 61.5 cm³/mol. The number of likely N-dealkylation sites (N-methyl/N-ethyl adjacent to an activating group) is 2. The molecule has 0 aliphatic heterocycles. The van der Waals surface area contributed by atoms with Crippen molar-refractivity contribution in [3.8, 4) is 0 Å². The van der Waals surface area contributed by atoms with Gasteiger partial charge in [0.25, 0.3) is 0 Å². The van der Waals surface area contributed by atoms with Crippen LogP contribution in [0, 0.1) is 5.92 Å². The molecule has 0 spiro atoms. The summed E-state index contributed by atoms with van der Waals surface area (Å²) < 4.78 is 0. The maximum atomic E-state index is 8.84. The van der Waals surface area contributed by atoms with Crippen LogP contribution in [-0.4, -0.2) is 49.8 Å². The molecule has 0 aliphatic rings. The Morgan fingerprint density at radius 1 is 1.29 bits per heavy atom. The van der Waals surface area contributed by atoms with E-state index >= 15 is 0 Å². The highest BCUT2D eigenvalue weighted by atomic mass is 16.3. The number of aliphatic hydroxyl groups excluding tert-OH is 1. The SMILES string of the molecule is CNC(CCO)CN(C)CCC(C)C. The Bertz CT molecular complexity index is 128. The topological polar surface area (TPSA) is 35.5 Å². The zero-order chi connectivity index (χ0) is 11.0. The van der Waals surface area contributed by atoms with E-state index in [0.29, 0.717) is 6.04 Å². The lowest BCUT2D eigenvalue weighted by Gasteiger charge is -2.23. The van der Waals surface area contributed by atoms with Crippen LogP contribution in [0.4, 0.5) is 0 Å². The maximum absolute atomic E-state index is 8.84. The summed E-state index contributed by atoms with van der Waals surface area (Å²) in [6.45, 7) is 6.92. The number of nitrogens with one attached hydrogen (secondary N) is 1. The van der Waals surface area contributed by atoms with E-state index in [9.17, 15) is 0 Å². The molecule has 3 heteroatoms. The highest BCUT2D eigenvalue weighted by molar-refractivity contribution is 4.68. The highest BCUT2D eigenvalue weighted by Gasteiger charge is 2.08. The second-order valence-electron chi connectivity index (χ2n) is 4.44. The molecular formula is C11H26N2O. The quantitative estimate of drug-likeness (QED) is 0.615. The Hall–Kier alpha value is -0.120. The molecule has 0 aromatic rings. The summed E-state index contributed by atoms with van der Waals surface area (Å²) in [6.07, 6.45) is 2.08. The summed E-state index contributed by atoms with van der Waals surface area (Å²) in [4.78, 5) is 2.33. The van der Waals surface area contributed by atoms with Crippen LogP contribution in [0.2, 0.25) is 0 Å². The third-order valence-corrected chi connectivity index (χ3v) is 2.51. The smallest absolute Gasteiger partial charge is 0.0446 e. The molecule has 0 radical (unpaired) electrons. The van der Waals surface area contributed by atoms with Crippen LogP contribution in [0.15, 0.2) is 0 Å². The van der Waals surface area contributed by atoms with Crippen molar-refractivity contribution in [2.45, 2.75) is 32.7 Å². The van der Waals surface area contributed by atoms with Gasteiger partial charge in [-0.1, -0.05) is 13.8 Å². The molecule has 0 aromatic carbocycles. The number of hydrogen-bond acceptors (Lipinski definition) is 3. The molecule has 86 valence electrons. The third-order valence-electron chi connectivity index (χ3n) is 2.51. The van der Waals surface area contributed by atoms with Gasteiger partial charge >= 0.3 is 0 Å². The van der Waals surface area contributed by atoms with Crippen molar-refractivity contribution >= 4 is 0 Å². The van der Waals surface area contributed by atoms with Crippen LogP contribution in [-0.2, 0) is 0 Å². The van der Waals surface area contributed by atoms with Gasteiger partial charge in [-0.05, 0) is 39.4 Å². The van der Waals surface area contributed by atoms with Crippen molar-refractivity contribution in [1.29, 1.82) is 0 Å². The van der Waals surface area contributed by atoms with Crippen molar-refractivity contribution in [2.75, 3.05) is 33.8 Å². The van der Waals surface area contributed by atoms with E-state index in [4.69, 9.17) is 5.11 Å². The van der Waals surface area contributed by atoms with Gasteiger partial charge in [0.2, 0.25) is 0 Å². The lowest BCUT2D eigenvalue weighted by atomic mass is 10.1. The van der Waals surface area contributed by atoms with Crippen LogP contribution in [0.3, 0.4) is 0 Å². The first-order chi connectivity index (χ1) is 6.60. The van der Waals surface area contributed by atoms with E-state index in [-0.39, 0.29) is 6.61 Å². The Morgan fingerprint density at radius 2 is 1.93 bits per heavy atom. The van der Waals surface area contributed by atoms with E-state index in [1.807, 2.05) is 7.05 Å². The number of aliphatic hydroxyl groups is 1. The molecule has 0 saturated carbocycles. The molecule has 0 heterocycles. The van der Waals surface area contributed by atoms with Gasteiger partial charge in [0.15, 0.2) is 0 Å². The molecule has 0 fully saturated rings. The Balaban J connectivity index is 3.61. The summed E-state index contributed by atoms with van der Waals surface area (Å²) in [5, 5.41) is 12.1. The Morgan fingerprint density at radius 3 is 2.36 bits per heavy atom. The van der Waals surface area contributed by atoms with Crippen LogP contribution in [0.1, 0.15) is 26.7 Å². The van der Waals surface area contributed by atoms with Crippen molar-refractivity contribution in [3.05, 3.63) is 0 Å². The molecule has 0 rings (SSSR count). The average molecular weight is 202 g/mol. The van der Waals surface area contributed by atoms with Crippen molar-refractivity contribution in [3.63, 3.8) is 0 Å². The minimum absolute atomic E-state index is 0.267. The molecule has 0 saturated heterocycles. The lowest BCUT2D eigenvalue weighted by molar-refractivity contribution is 0.228. The zero-order valence-corrected chi connectivity index (χ0v) is 10.1. The number of nitrogens with zero attached hydrogens (tertiary/aromatic N) is 1. The average Bonchev–Trinajstić information content (AvgIpc) is 2.14. The molecule has 0 aliphatic carbocycles. The molecule has 3 nitrogen and oxygen atoms in total. The van der Waals surface area contributed by atoms with Crippen LogP contribution < -0.4 is 5.32 Å². The minimum atomic E-state index is 0.267. The van der Waals surface area contributed by atoms with Gasteiger partial charge in [-0.2, -0.15) is 0 Å². The van der Waals surface area contributed by atoms with E-state index in [0.717, 1.165) is 25.4 Å². The fraction of sp³-hybridized carbons (Fsp3) is 1.00. The van der Waals surface area contributed by atoms with E-state index in [2.05, 4.69) is 31.1 Å². The van der Waals surface area contributed by atoms with Crippen molar-refractivity contribution < 1.29 is 5.11 Å². The van der Waals surface area contributed by atoms with Crippen LogP contribution in [0.25, 0.3) is 0 Å². The van der Waals surface area contributed by atoms with Gasteiger partial charge in [-0.15, -0.1) is 0 Å². The van der Waals surface area contributed by atoms with Crippen LogP contribution >= 0.6 is 0 Å². The zero-order valence-electron chi connectivity index (χ0n) is 10.1. The fourth-order valence-electron chi connectivity index (χ4n) is 1.43. The first-order valence-electron chi connectivity index (χ1n) is 5.56. The molecule has 14 heavy (non-hydrogen) atoms. The first-order valence-corrected chi connectivity index (χ1v) is 5.56. The Labute approximate surface area is 88.5 Å². The van der Waals surface area contributed by atoms with E-state index < -0.39 is 0 Å². The fourth-order valence-corrected chi connectivity index (χ4v) is 1.43. The van der Waals surface area contributed by atoms with Crippen LogP contribution in [0.5, 0.6) is 0 Å². The van der Waals surface area contributed by atoms with Gasteiger partial charge in [-0.3, -0.25) is 0 Å². The minimum Gasteiger partial charge on any atom is -0.396 e. The molecule has 1 unspecified atom stereocenters. The summed E-state index contributed by atoms with van der Waals surface area (Å²) in [7, 11) is 4.10. The van der Waals surface area contributed by atoms with Gasteiger partial charge in [0.05, 0.1) is 0 Å². The molecule has 0 aromatic heterocycles. The van der Waals surface area contributed by atoms with Crippen molar-refractivity contribution in [2.24, 2.45) is 5.92 Å². The summed E-state index contributed by atoms with van der Waals surface area (Å²) >= 11 is 0. The first kappa shape index (κ1) is 13.9. The molecule has 0 amide bonds. The number of rotatable bonds is 8. The van der Waals surface area contributed by atoms with Gasteiger partial charge in [0, 0.05) is 19.2 Å². The second-order valence-corrected chi connectivity index (χ2v) is 4.44. The second kappa shape index (κ2) is 8.21. The summed E-state index contributed by atoms with van der Waals surface area (Å²) in [5.41, 5.74) is 0.